The van der Waals surface area contributed by atoms with Crippen molar-refractivity contribution >= 4 is 60.8 Å². The predicted molar refractivity (Wildman–Crippen MR) is 214 cm³/mol. The van der Waals surface area contributed by atoms with E-state index in [9.17, 15) is 0 Å². The molecule has 0 radical (unpaired) electrons. The molecule has 51 heavy (non-hydrogen) atoms. The Labute approximate surface area is 295 Å². The number of rotatable bonds is 6. The molecule has 10 rings (SSSR count). The summed E-state index contributed by atoms with van der Waals surface area (Å²) < 4.78 is 8.48. The molecule has 0 bridgehead atoms. The van der Waals surface area contributed by atoms with Gasteiger partial charge in [-0.2, -0.15) is 0 Å². The van der Waals surface area contributed by atoms with Crippen LogP contribution in [0.15, 0.2) is 199 Å². The third-order valence-electron chi connectivity index (χ3n) is 9.99. The lowest BCUT2D eigenvalue weighted by molar-refractivity contribution is 0.669. The van der Waals surface area contributed by atoms with Gasteiger partial charge >= 0.3 is 0 Å². The van der Waals surface area contributed by atoms with Crippen LogP contribution in [0.1, 0.15) is 0 Å². The first-order valence-corrected chi connectivity index (χ1v) is 17.3. The SMILES string of the molecule is c1ccc(-c2ccc(N(c3ccc(-c4ccc5oc6ccccc6c5c4)cc3)c3cccc(-n4c5ccccc5c5ccccc54)c3)cc2)cc1. The van der Waals surface area contributed by atoms with Crippen LogP contribution >= 0.6 is 0 Å². The van der Waals surface area contributed by atoms with E-state index in [1.54, 1.807) is 0 Å². The van der Waals surface area contributed by atoms with E-state index in [-0.39, 0.29) is 0 Å². The summed E-state index contributed by atoms with van der Waals surface area (Å²) in [4.78, 5) is 2.35. The molecule has 0 saturated carbocycles. The predicted octanol–water partition coefficient (Wildman–Crippen LogP) is 13.5. The Hall–Kier alpha value is -6.84. The molecule has 3 heteroatoms. The smallest absolute Gasteiger partial charge is 0.135 e. The van der Waals surface area contributed by atoms with Gasteiger partial charge in [-0.3, -0.25) is 0 Å². The summed E-state index contributed by atoms with van der Waals surface area (Å²) in [5.74, 6) is 0. The fourth-order valence-corrected chi connectivity index (χ4v) is 7.56. The Morgan fingerprint density at radius 1 is 0.333 bits per heavy atom. The van der Waals surface area contributed by atoms with Crippen LogP contribution in [0, 0.1) is 0 Å². The minimum Gasteiger partial charge on any atom is -0.456 e. The van der Waals surface area contributed by atoms with Crippen molar-refractivity contribution in [2.24, 2.45) is 0 Å². The Balaban J connectivity index is 1.09. The molecule has 8 aromatic carbocycles. The molecular weight excluding hydrogens is 621 g/mol. The van der Waals surface area contributed by atoms with Gasteiger partial charge in [0.25, 0.3) is 0 Å². The lowest BCUT2D eigenvalue weighted by atomic mass is 10.0. The second kappa shape index (κ2) is 11.9. The number of para-hydroxylation sites is 3. The van der Waals surface area contributed by atoms with Gasteiger partial charge in [-0.1, -0.05) is 121 Å². The van der Waals surface area contributed by atoms with Crippen molar-refractivity contribution in [1.29, 1.82) is 0 Å². The molecule has 0 aliphatic rings. The van der Waals surface area contributed by atoms with E-state index >= 15 is 0 Å². The first kappa shape index (κ1) is 29.1. The van der Waals surface area contributed by atoms with Gasteiger partial charge in [0.05, 0.1) is 11.0 Å². The third kappa shape index (κ3) is 4.98. The quantitative estimate of drug-likeness (QED) is 0.178. The molecule has 2 aromatic heterocycles. The molecule has 0 amide bonds. The van der Waals surface area contributed by atoms with Crippen molar-refractivity contribution in [2.75, 3.05) is 4.90 Å². The van der Waals surface area contributed by atoms with Gasteiger partial charge in [0.2, 0.25) is 0 Å². The molecule has 3 nitrogen and oxygen atoms in total. The lowest BCUT2D eigenvalue weighted by Gasteiger charge is -2.26. The molecule has 0 N–H and O–H groups in total. The Morgan fingerprint density at radius 3 is 1.55 bits per heavy atom. The van der Waals surface area contributed by atoms with Gasteiger partial charge in [-0.15, -0.1) is 0 Å². The van der Waals surface area contributed by atoms with Crippen LogP contribution in [0.4, 0.5) is 17.1 Å². The van der Waals surface area contributed by atoms with Crippen LogP contribution in [-0.4, -0.2) is 4.57 Å². The van der Waals surface area contributed by atoms with E-state index in [0.29, 0.717) is 0 Å². The van der Waals surface area contributed by atoms with Crippen molar-refractivity contribution in [1.82, 2.24) is 4.57 Å². The normalized spacial score (nSPS) is 11.5. The summed E-state index contributed by atoms with van der Waals surface area (Å²) in [7, 11) is 0. The van der Waals surface area contributed by atoms with Crippen molar-refractivity contribution in [2.45, 2.75) is 0 Å². The molecule has 0 spiro atoms. The Bertz CT molecular complexity index is 2790. The minimum atomic E-state index is 0.907. The molecule has 0 saturated heterocycles. The fraction of sp³-hybridized carbons (Fsp3) is 0. The molecule has 2 heterocycles. The highest BCUT2D eigenvalue weighted by Crippen LogP contribution is 2.40. The van der Waals surface area contributed by atoms with Crippen molar-refractivity contribution in [3.8, 4) is 27.9 Å². The fourth-order valence-electron chi connectivity index (χ4n) is 7.56. The summed E-state index contributed by atoms with van der Waals surface area (Å²) >= 11 is 0. The van der Waals surface area contributed by atoms with Crippen LogP contribution in [0.5, 0.6) is 0 Å². The van der Waals surface area contributed by atoms with E-state index in [4.69, 9.17) is 4.42 Å². The van der Waals surface area contributed by atoms with Crippen LogP contribution in [-0.2, 0) is 0 Å². The van der Waals surface area contributed by atoms with Crippen LogP contribution in [0.3, 0.4) is 0 Å². The average Bonchev–Trinajstić information content (AvgIpc) is 3.75. The standard InChI is InChI=1S/C48H32N2O/c1-2-11-33(12-3-1)34-21-26-37(27-22-34)49(38-28-23-35(24-29-38)36-25-30-48-44(31-36)43-17-6-9-20-47(43)51-48)39-13-10-14-40(32-39)50-45-18-7-4-15-41(45)42-16-5-8-19-46(42)50/h1-32H. The maximum absolute atomic E-state index is 6.10. The minimum absolute atomic E-state index is 0.907. The van der Waals surface area contributed by atoms with E-state index in [0.717, 1.165) is 55.8 Å². The topological polar surface area (TPSA) is 21.3 Å². The van der Waals surface area contributed by atoms with E-state index in [1.807, 2.05) is 12.1 Å². The van der Waals surface area contributed by atoms with Gasteiger partial charge in [-0.05, 0) is 95.1 Å². The first-order valence-electron chi connectivity index (χ1n) is 17.3. The van der Waals surface area contributed by atoms with E-state index in [1.165, 1.54) is 32.9 Å². The molecule has 10 aromatic rings. The molecular formula is C48H32N2O. The molecule has 0 unspecified atom stereocenters. The number of nitrogens with zero attached hydrogens (tertiary/aromatic N) is 2. The second-order valence-electron chi connectivity index (χ2n) is 13.0. The number of anilines is 3. The van der Waals surface area contributed by atoms with Crippen molar-refractivity contribution in [3.05, 3.63) is 194 Å². The summed E-state index contributed by atoms with van der Waals surface area (Å²) in [6.07, 6.45) is 0. The zero-order chi connectivity index (χ0) is 33.7. The highest BCUT2D eigenvalue weighted by atomic mass is 16.3. The number of fused-ring (bicyclic) bond motifs is 6. The first-order chi connectivity index (χ1) is 25.3. The number of furan rings is 1. The summed E-state index contributed by atoms with van der Waals surface area (Å²) in [5.41, 5.74) is 13.3. The maximum Gasteiger partial charge on any atom is 0.135 e. The highest BCUT2D eigenvalue weighted by Gasteiger charge is 2.17. The Kier molecular flexibility index (Phi) is 6.81. The van der Waals surface area contributed by atoms with E-state index < -0.39 is 0 Å². The second-order valence-corrected chi connectivity index (χ2v) is 13.0. The number of hydrogen-bond acceptors (Lipinski definition) is 2. The number of hydrogen-bond donors (Lipinski definition) is 0. The van der Waals surface area contributed by atoms with E-state index in [2.05, 4.69) is 191 Å². The van der Waals surface area contributed by atoms with Crippen molar-refractivity contribution in [3.63, 3.8) is 0 Å². The van der Waals surface area contributed by atoms with Crippen molar-refractivity contribution < 1.29 is 4.42 Å². The summed E-state index contributed by atoms with van der Waals surface area (Å²) in [5, 5.41) is 4.78. The van der Waals surface area contributed by atoms with Gasteiger partial charge in [0.15, 0.2) is 0 Å². The van der Waals surface area contributed by atoms with Gasteiger partial charge in [-0.25, -0.2) is 0 Å². The number of aromatic nitrogens is 1. The molecule has 0 atom stereocenters. The van der Waals surface area contributed by atoms with Gasteiger partial charge < -0.3 is 13.9 Å². The molecule has 0 aliphatic heterocycles. The zero-order valence-corrected chi connectivity index (χ0v) is 27.8. The average molecular weight is 653 g/mol. The zero-order valence-electron chi connectivity index (χ0n) is 27.8. The van der Waals surface area contributed by atoms with Crippen LogP contribution < -0.4 is 4.90 Å². The summed E-state index contributed by atoms with van der Waals surface area (Å²) in [6, 6.07) is 69.3. The molecule has 0 aliphatic carbocycles. The third-order valence-corrected chi connectivity index (χ3v) is 9.99. The summed E-state index contributed by atoms with van der Waals surface area (Å²) in [6.45, 7) is 0. The van der Waals surface area contributed by atoms with Crippen LogP contribution in [0.2, 0.25) is 0 Å². The maximum atomic E-state index is 6.10. The molecule has 0 fully saturated rings. The monoisotopic (exact) mass is 652 g/mol. The molecule has 240 valence electrons. The Morgan fingerprint density at radius 2 is 0.863 bits per heavy atom. The lowest BCUT2D eigenvalue weighted by Crippen LogP contribution is -2.10. The number of benzene rings is 8. The largest absolute Gasteiger partial charge is 0.456 e. The van der Waals surface area contributed by atoms with Gasteiger partial charge in [0.1, 0.15) is 11.2 Å². The van der Waals surface area contributed by atoms with Gasteiger partial charge in [0, 0.05) is 44.3 Å². The van der Waals surface area contributed by atoms with Crippen LogP contribution in [0.25, 0.3) is 71.7 Å². The highest BCUT2D eigenvalue weighted by molar-refractivity contribution is 6.09.